The highest BCUT2D eigenvalue weighted by Crippen LogP contribution is 2.40. The lowest BCUT2D eigenvalue weighted by Crippen LogP contribution is -1.89. The fourth-order valence-corrected chi connectivity index (χ4v) is 2.53. The predicted octanol–water partition coefficient (Wildman–Crippen LogP) is 3.29. The van der Waals surface area contributed by atoms with E-state index in [0.717, 1.165) is 15.8 Å². The van der Waals surface area contributed by atoms with Crippen LogP contribution in [-0.4, -0.2) is 11.7 Å². The minimum absolute atomic E-state index is 0.261. The molecule has 2 aromatic rings. The Kier molecular flexibility index (Phi) is 2.56. The number of benzene rings is 1. The number of thiophene rings is 1. The van der Waals surface area contributed by atoms with Crippen LogP contribution in [0.3, 0.4) is 0 Å². The van der Waals surface area contributed by atoms with Crippen LogP contribution in [0.4, 0.5) is 0 Å². The average molecular weight is 226 g/mol. The summed E-state index contributed by atoms with van der Waals surface area (Å²) in [5.74, 6) is 0.813. The molecule has 74 valence electrons. The van der Waals surface area contributed by atoms with Crippen LogP contribution in [0.25, 0.3) is 10.1 Å². The van der Waals surface area contributed by atoms with Gasteiger partial charge in [-0.3, -0.25) is 0 Å². The first-order valence-electron chi connectivity index (χ1n) is 4.29. The van der Waals surface area contributed by atoms with E-state index in [1.807, 2.05) is 25.1 Å². The summed E-state index contributed by atoms with van der Waals surface area (Å²) in [6.45, 7) is 2.58. The van der Waals surface area contributed by atoms with E-state index in [2.05, 4.69) is 12.6 Å². The summed E-state index contributed by atoms with van der Waals surface area (Å²) < 4.78 is 6.39. The standard InChI is InChI=1S/C10H10O2S2/c1-2-12-6-3-4-8-7(5-6)9(13)10(11)14-8/h3-5,11,13H,2H2,1H3. The van der Waals surface area contributed by atoms with E-state index in [4.69, 9.17) is 4.74 Å². The molecule has 0 spiro atoms. The quantitative estimate of drug-likeness (QED) is 0.769. The van der Waals surface area contributed by atoms with E-state index < -0.39 is 0 Å². The normalized spacial score (nSPS) is 10.7. The third-order valence-corrected chi connectivity index (χ3v) is 3.50. The average Bonchev–Trinajstić information content (AvgIpc) is 2.45. The van der Waals surface area contributed by atoms with Gasteiger partial charge in [0, 0.05) is 10.1 Å². The molecular formula is C10H10O2S2. The molecule has 0 atom stereocenters. The van der Waals surface area contributed by atoms with E-state index in [9.17, 15) is 5.11 Å². The molecule has 0 fully saturated rings. The Balaban J connectivity index is 2.58. The van der Waals surface area contributed by atoms with E-state index >= 15 is 0 Å². The fraction of sp³-hybridized carbons (Fsp3) is 0.200. The Hall–Kier alpha value is -0.870. The molecule has 2 rings (SSSR count). The fourth-order valence-electron chi connectivity index (χ4n) is 1.31. The minimum atomic E-state index is 0.261. The van der Waals surface area contributed by atoms with Crippen molar-refractivity contribution >= 4 is 34.1 Å². The van der Waals surface area contributed by atoms with E-state index in [1.54, 1.807) is 0 Å². The van der Waals surface area contributed by atoms with Gasteiger partial charge in [0.1, 0.15) is 5.75 Å². The second-order valence-electron chi connectivity index (χ2n) is 2.85. The lowest BCUT2D eigenvalue weighted by Gasteiger charge is -2.01. The van der Waals surface area contributed by atoms with Gasteiger partial charge in [-0.15, -0.1) is 12.6 Å². The van der Waals surface area contributed by atoms with Gasteiger partial charge in [0.15, 0.2) is 5.06 Å². The van der Waals surface area contributed by atoms with Gasteiger partial charge < -0.3 is 9.84 Å². The maximum atomic E-state index is 9.47. The smallest absolute Gasteiger partial charge is 0.186 e. The van der Waals surface area contributed by atoms with Gasteiger partial charge in [0.2, 0.25) is 0 Å². The zero-order valence-corrected chi connectivity index (χ0v) is 9.36. The predicted molar refractivity (Wildman–Crippen MR) is 61.9 cm³/mol. The van der Waals surface area contributed by atoms with Crippen LogP contribution < -0.4 is 4.74 Å². The van der Waals surface area contributed by atoms with Gasteiger partial charge in [0.25, 0.3) is 0 Å². The monoisotopic (exact) mass is 226 g/mol. The second kappa shape index (κ2) is 3.71. The third kappa shape index (κ3) is 1.55. The minimum Gasteiger partial charge on any atom is -0.499 e. The molecule has 0 bridgehead atoms. The summed E-state index contributed by atoms with van der Waals surface area (Å²) in [7, 11) is 0. The first-order chi connectivity index (χ1) is 6.72. The van der Waals surface area contributed by atoms with E-state index in [-0.39, 0.29) is 5.06 Å². The molecule has 1 aromatic carbocycles. The van der Waals surface area contributed by atoms with Gasteiger partial charge in [0.05, 0.1) is 11.5 Å². The Labute approximate surface area is 91.5 Å². The van der Waals surface area contributed by atoms with Crippen LogP contribution in [0.1, 0.15) is 6.92 Å². The van der Waals surface area contributed by atoms with Crippen LogP contribution in [0.15, 0.2) is 23.1 Å². The van der Waals surface area contributed by atoms with Crippen molar-refractivity contribution in [2.45, 2.75) is 11.8 Å². The third-order valence-electron chi connectivity index (χ3n) is 1.93. The van der Waals surface area contributed by atoms with Gasteiger partial charge in [-0.1, -0.05) is 11.3 Å². The van der Waals surface area contributed by atoms with E-state index in [0.29, 0.717) is 11.5 Å². The molecule has 2 nitrogen and oxygen atoms in total. The van der Waals surface area contributed by atoms with Gasteiger partial charge in [-0.25, -0.2) is 0 Å². The number of thiol groups is 1. The summed E-state index contributed by atoms with van der Waals surface area (Å²) in [4.78, 5) is 0.631. The first-order valence-corrected chi connectivity index (χ1v) is 5.56. The lowest BCUT2D eigenvalue weighted by molar-refractivity contribution is 0.340. The molecule has 0 aliphatic rings. The highest BCUT2D eigenvalue weighted by molar-refractivity contribution is 7.81. The molecule has 1 aromatic heterocycles. The second-order valence-corrected chi connectivity index (χ2v) is 4.32. The number of fused-ring (bicyclic) bond motifs is 1. The van der Waals surface area contributed by atoms with Crippen molar-refractivity contribution in [3.63, 3.8) is 0 Å². The van der Waals surface area contributed by atoms with Crippen LogP contribution >= 0.6 is 24.0 Å². The number of aromatic hydroxyl groups is 1. The zero-order valence-electron chi connectivity index (χ0n) is 7.65. The maximum absolute atomic E-state index is 9.47. The highest BCUT2D eigenvalue weighted by atomic mass is 32.1. The zero-order chi connectivity index (χ0) is 10.1. The molecular weight excluding hydrogens is 216 g/mol. The van der Waals surface area contributed by atoms with Crippen LogP contribution in [0.5, 0.6) is 10.8 Å². The molecule has 0 aliphatic heterocycles. The molecule has 0 saturated heterocycles. The van der Waals surface area contributed by atoms with Crippen LogP contribution in [0.2, 0.25) is 0 Å². The summed E-state index contributed by atoms with van der Waals surface area (Å²) in [6, 6.07) is 5.73. The summed E-state index contributed by atoms with van der Waals surface area (Å²) >= 11 is 5.56. The lowest BCUT2D eigenvalue weighted by atomic mass is 10.2. The Morgan fingerprint density at radius 1 is 1.50 bits per heavy atom. The topological polar surface area (TPSA) is 29.5 Å². The molecule has 1 heterocycles. The van der Waals surface area contributed by atoms with Crippen LogP contribution in [0, 0.1) is 0 Å². The Morgan fingerprint density at radius 2 is 2.29 bits per heavy atom. The largest absolute Gasteiger partial charge is 0.499 e. The van der Waals surface area contributed by atoms with E-state index in [1.165, 1.54) is 11.3 Å². The molecule has 0 unspecified atom stereocenters. The van der Waals surface area contributed by atoms with Crippen molar-refractivity contribution in [3.8, 4) is 10.8 Å². The van der Waals surface area contributed by atoms with Crippen molar-refractivity contribution in [3.05, 3.63) is 18.2 Å². The van der Waals surface area contributed by atoms with Gasteiger partial charge in [-0.2, -0.15) is 0 Å². The SMILES string of the molecule is CCOc1ccc2sc(O)c(S)c2c1. The van der Waals surface area contributed by atoms with Crippen molar-refractivity contribution in [2.24, 2.45) is 0 Å². The van der Waals surface area contributed by atoms with Crippen molar-refractivity contribution in [2.75, 3.05) is 6.61 Å². The van der Waals surface area contributed by atoms with Crippen molar-refractivity contribution < 1.29 is 9.84 Å². The number of hydrogen-bond donors (Lipinski definition) is 2. The Morgan fingerprint density at radius 3 is 3.00 bits per heavy atom. The molecule has 14 heavy (non-hydrogen) atoms. The van der Waals surface area contributed by atoms with Crippen LogP contribution in [-0.2, 0) is 0 Å². The summed E-state index contributed by atoms with van der Waals surface area (Å²) in [6.07, 6.45) is 0. The molecule has 0 aliphatic carbocycles. The molecule has 0 saturated carbocycles. The molecule has 0 radical (unpaired) electrons. The molecule has 4 heteroatoms. The molecule has 1 N–H and O–H groups in total. The maximum Gasteiger partial charge on any atom is 0.186 e. The highest BCUT2D eigenvalue weighted by Gasteiger charge is 2.08. The van der Waals surface area contributed by atoms with Crippen molar-refractivity contribution in [1.82, 2.24) is 0 Å². The Bertz CT molecular complexity index is 462. The summed E-state index contributed by atoms with van der Waals surface area (Å²) in [5, 5.41) is 10.7. The van der Waals surface area contributed by atoms with Crippen molar-refractivity contribution in [1.29, 1.82) is 0 Å². The van der Waals surface area contributed by atoms with Gasteiger partial charge in [-0.05, 0) is 25.1 Å². The number of rotatable bonds is 2. The molecule has 0 amide bonds. The summed E-state index contributed by atoms with van der Waals surface area (Å²) in [5.41, 5.74) is 0. The first kappa shape index (κ1) is 9.68. The van der Waals surface area contributed by atoms with Gasteiger partial charge >= 0.3 is 0 Å². The number of hydrogen-bond acceptors (Lipinski definition) is 4. The number of ether oxygens (including phenoxy) is 1.